The highest BCUT2D eigenvalue weighted by molar-refractivity contribution is 7.91. The Balaban J connectivity index is 3.19. The summed E-state index contributed by atoms with van der Waals surface area (Å²) in [6.45, 7) is 6.86. The molecule has 5 heteroatoms. The highest BCUT2D eigenvalue weighted by atomic mass is 32.2. The largest absolute Gasteiger partial charge is 0.382 e. The van der Waals surface area contributed by atoms with Crippen LogP contribution >= 0.6 is 0 Å². The van der Waals surface area contributed by atoms with Gasteiger partial charge in [-0.05, 0) is 32.9 Å². The Hall–Kier alpha value is -0.130. The number of ether oxygens (including phenoxy) is 1. The van der Waals surface area contributed by atoms with Crippen molar-refractivity contribution in [1.29, 1.82) is 0 Å². The van der Waals surface area contributed by atoms with E-state index in [0.717, 1.165) is 32.7 Å². The molecule has 0 bridgehead atoms. The number of sulfone groups is 1. The lowest BCUT2D eigenvalue weighted by molar-refractivity contribution is 0.145. The van der Waals surface area contributed by atoms with E-state index in [1.165, 1.54) is 0 Å². The molecule has 0 saturated carbocycles. The van der Waals surface area contributed by atoms with Crippen molar-refractivity contribution in [3.05, 3.63) is 0 Å². The van der Waals surface area contributed by atoms with Gasteiger partial charge in [0, 0.05) is 19.0 Å². The number of rotatable bonds is 10. The molecule has 0 fully saturated rings. The van der Waals surface area contributed by atoms with Crippen LogP contribution in [-0.4, -0.2) is 46.2 Å². The van der Waals surface area contributed by atoms with Gasteiger partial charge < -0.3 is 10.1 Å². The fraction of sp³-hybridized carbons (Fsp3) is 1.00. The average molecular weight is 237 g/mol. The maximum absolute atomic E-state index is 11.1. The molecule has 1 N–H and O–H groups in total. The molecular weight excluding hydrogens is 214 g/mol. The normalized spacial score (nSPS) is 11.9. The summed E-state index contributed by atoms with van der Waals surface area (Å²) in [5, 5.41) is 3.20. The second kappa shape index (κ2) is 9.12. The molecule has 4 nitrogen and oxygen atoms in total. The van der Waals surface area contributed by atoms with E-state index < -0.39 is 9.84 Å². The fourth-order valence-electron chi connectivity index (χ4n) is 1.13. The first-order valence-corrected chi connectivity index (χ1v) is 7.43. The maximum Gasteiger partial charge on any atom is 0.150 e. The van der Waals surface area contributed by atoms with Crippen molar-refractivity contribution >= 4 is 9.84 Å². The highest BCUT2D eigenvalue weighted by Crippen LogP contribution is 1.92. The zero-order chi connectivity index (χ0) is 11.6. The third-order valence-electron chi connectivity index (χ3n) is 2.10. The lowest BCUT2D eigenvalue weighted by Crippen LogP contribution is -2.21. The highest BCUT2D eigenvalue weighted by Gasteiger charge is 2.05. The van der Waals surface area contributed by atoms with E-state index in [1.54, 1.807) is 6.92 Å². The van der Waals surface area contributed by atoms with Gasteiger partial charge in [0.05, 0.1) is 5.75 Å². The fourth-order valence-corrected chi connectivity index (χ4v) is 2.00. The van der Waals surface area contributed by atoms with Crippen molar-refractivity contribution in [2.24, 2.45) is 0 Å². The summed E-state index contributed by atoms with van der Waals surface area (Å²) in [5.41, 5.74) is 0. The molecule has 0 aliphatic rings. The predicted molar refractivity (Wildman–Crippen MR) is 62.9 cm³/mol. The minimum absolute atomic E-state index is 0.247. The van der Waals surface area contributed by atoms with E-state index in [4.69, 9.17) is 4.74 Å². The van der Waals surface area contributed by atoms with E-state index in [-0.39, 0.29) is 5.75 Å². The third-order valence-corrected chi connectivity index (χ3v) is 3.89. The second-order valence-electron chi connectivity index (χ2n) is 3.39. The summed E-state index contributed by atoms with van der Waals surface area (Å²) >= 11 is 0. The first-order chi connectivity index (χ1) is 7.12. The summed E-state index contributed by atoms with van der Waals surface area (Å²) in [7, 11) is -2.79. The van der Waals surface area contributed by atoms with Gasteiger partial charge in [-0.2, -0.15) is 0 Å². The van der Waals surface area contributed by atoms with Gasteiger partial charge >= 0.3 is 0 Å². The van der Waals surface area contributed by atoms with Gasteiger partial charge in [0.25, 0.3) is 0 Å². The van der Waals surface area contributed by atoms with Crippen molar-refractivity contribution in [2.45, 2.75) is 26.7 Å². The lowest BCUT2D eigenvalue weighted by Gasteiger charge is -2.04. The summed E-state index contributed by atoms with van der Waals surface area (Å²) in [6.07, 6.45) is 1.68. The van der Waals surface area contributed by atoms with Gasteiger partial charge in [-0.3, -0.25) is 0 Å². The molecule has 0 aliphatic carbocycles. The third kappa shape index (κ3) is 10.2. The van der Waals surface area contributed by atoms with Crippen molar-refractivity contribution in [3.63, 3.8) is 0 Å². The number of nitrogens with one attached hydrogen (secondary N) is 1. The topological polar surface area (TPSA) is 55.4 Å². The SMILES string of the molecule is CCOCCCNCCCS(=O)(=O)CC. The second-order valence-corrected chi connectivity index (χ2v) is 5.86. The van der Waals surface area contributed by atoms with Crippen LogP contribution in [0.5, 0.6) is 0 Å². The zero-order valence-electron chi connectivity index (χ0n) is 9.79. The van der Waals surface area contributed by atoms with E-state index in [1.807, 2.05) is 6.92 Å². The van der Waals surface area contributed by atoms with Gasteiger partial charge in [0.2, 0.25) is 0 Å². The minimum atomic E-state index is -2.79. The van der Waals surface area contributed by atoms with Gasteiger partial charge in [0.1, 0.15) is 9.84 Å². The molecule has 0 unspecified atom stereocenters. The standard InChI is InChI=1S/C10H23NO3S/c1-3-14-9-5-7-11-8-6-10-15(12,13)4-2/h11H,3-10H2,1-2H3. The smallest absolute Gasteiger partial charge is 0.150 e. The van der Waals surface area contributed by atoms with Gasteiger partial charge in [0.15, 0.2) is 0 Å². The number of hydrogen-bond donors (Lipinski definition) is 1. The molecule has 0 radical (unpaired) electrons. The van der Waals surface area contributed by atoms with Gasteiger partial charge in [-0.15, -0.1) is 0 Å². The number of hydrogen-bond acceptors (Lipinski definition) is 4. The summed E-state index contributed by atoms with van der Waals surface area (Å²) in [4.78, 5) is 0. The molecule has 0 aromatic heterocycles. The van der Waals surface area contributed by atoms with Crippen LogP contribution in [0.2, 0.25) is 0 Å². The van der Waals surface area contributed by atoms with Crippen molar-refractivity contribution in [2.75, 3.05) is 37.8 Å². The Morgan fingerprint density at radius 3 is 2.40 bits per heavy atom. The van der Waals surface area contributed by atoms with Crippen molar-refractivity contribution in [1.82, 2.24) is 5.32 Å². The van der Waals surface area contributed by atoms with Gasteiger partial charge in [-0.25, -0.2) is 8.42 Å². The molecule has 0 aromatic rings. The minimum Gasteiger partial charge on any atom is -0.382 e. The lowest BCUT2D eigenvalue weighted by atomic mass is 10.4. The Morgan fingerprint density at radius 1 is 1.13 bits per heavy atom. The molecular formula is C10H23NO3S. The molecule has 0 spiro atoms. The Kier molecular flexibility index (Phi) is 9.04. The molecule has 0 atom stereocenters. The van der Waals surface area contributed by atoms with Crippen LogP contribution in [0.25, 0.3) is 0 Å². The average Bonchev–Trinajstić information content (AvgIpc) is 2.22. The van der Waals surface area contributed by atoms with Crippen LogP contribution in [0.1, 0.15) is 26.7 Å². The molecule has 0 heterocycles. The quantitative estimate of drug-likeness (QED) is 0.572. The summed E-state index contributed by atoms with van der Waals surface area (Å²) < 4.78 is 27.4. The van der Waals surface area contributed by atoms with Crippen LogP contribution in [-0.2, 0) is 14.6 Å². The first kappa shape index (κ1) is 14.9. The van der Waals surface area contributed by atoms with E-state index >= 15 is 0 Å². The summed E-state index contributed by atoms with van der Waals surface area (Å²) in [6, 6.07) is 0. The van der Waals surface area contributed by atoms with Gasteiger partial charge in [-0.1, -0.05) is 6.92 Å². The molecule has 0 rings (SSSR count). The molecule has 15 heavy (non-hydrogen) atoms. The molecule has 0 amide bonds. The molecule has 92 valence electrons. The van der Waals surface area contributed by atoms with Crippen LogP contribution in [0.3, 0.4) is 0 Å². The Labute approximate surface area is 93.3 Å². The van der Waals surface area contributed by atoms with E-state index in [9.17, 15) is 8.42 Å². The van der Waals surface area contributed by atoms with E-state index in [0.29, 0.717) is 12.2 Å². The van der Waals surface area contributed by atoms with E-state index in [2.05, 4.69) is 5.32 Å². The molecule has 0 aliphatic heterocycles. The van der Waals surface area contributed by atoms with Crippen LogP contribution < -0.4 is 5.32 Å². The van der Waals surface area contributed by atoms with Crippen LogP contribution in [0.4, 0.5) is 0 Å². The Bertz CT molecular complexity index is 227. The monoisotopic (exact) mass is 237 g/mol. The molecule has 0 aromatic carbocycles. The van der Waals surface area contributed by atoms with Crippen molar-refractivity contribution < 1.29 is 13.2 Å². The maximum atomic E-state index is 11.1. The van der Waals surface area contributed by atoms with Crippen LogP contribution in [0.15, 0.2) is 0 Å². The zero-order valence-corrected chi connectivity index (χ0v) is 10.6. The van der Waals surface area contributed by atoms with Crippen molar-refractivity contribution in [3.8, 4) is 0 Å². The first-order valence-electron chi connectivity index (χ1n) is 5.61. The summed E-state index contributed by atoms with van der Waals surface area (Å²) in [5.74, 6) is 0.541. The Morgan fingerprint density at radius 2 is 1.80 bits per heavy atom. The van der Waals surface area contributed by atoms with Crippen LogP contribution in [0, 0.1) is 0 Å². The molecule has 0 saturated heterocycles. The predicted octanol–water partition coefficient (Wildman–Crippen LogP) is 0.827.